The van der Waals surface area contributed by atoms with Crippen LogP contribution in [0.5, 0.6) is 11.5 Å². The van der Waals surface area contributed by atoms with Gasteiger partial charge in [0.15, 0.2) is 11.5 Å². The number of carbonyl (C=O) groups excluding carboxylic acids is 4. The maximum absolute atomic E-state index is 12.7. The second kappa shape index (κ2) is 15.5. The summed E-state index contributed by atoms with van der Waals surface area (Å²) in [5, 5.41) is 0. The lowest BCUT2D eigenvalue weighted by molar-refractivity contribution is -0.157. The normalized spacial score (nSPS) is 15.1. The summed E-state index contributed by atoms with van der Waals surface area (Å²) in [6, 6.07) is 4.72. The molecule has 0 radical (unpaired) electrons. The van der Waals surface area contributed by atoms with Gasteiger partial charge in [-0.1, -0.05) is 60.5 Å². The van der Waals surface area contributed by atoms with Crippen molar-refractivity contribution in [2.45, 2.75) is 98.6 Å². The van der Waals surface area contributed by atoms with Gasteiger partial charge in [-0.15, -0.1) is 0 Å². The lowest BCUT2D eigenvalue weighted by Crippen LogP contribution is -2.53. The van der Waals surface area contributed by atoms with Crippen molar-refractivity contribution in [3.63, 3.8) is 0 Å². The van der Waals surface area contributed by atoms with Crippen LogP contribution in [0.25, 0.3) is 0 Å². The summed E-state index contributed by atoms with van der Waals surface area (Å²) in [6.07, 6.45) is 2.28. The number of rotatable bonds is 15. The van der Waals surface area contributed by atoms with Crippen molar-refractivity contribution >= 4 is 23.9 Å². The number of hydrogen-bond acceptors (Lipinski definition) is 9. The average molecular weight is 536 g/mol. The molecule has 1 aromatic carbocycles. The van der Waals surface area contributed by atoms with Gasteiger partial charge in [-0.05, 0) is 37.5 Å². The molecule has 214 valence electrons. The van der Waals surface area contributed by atoms with Crippen LogP contribution in [0.3, 0.4) is 0 Å². The molecule has 3 unspecified atom stereocenters. The van der Waals surface area contributed by atoms with E-state index in [1.54, 1.807) is 46.8 Å². The fourth-order valence-corrected chi connectivity index (χ4v) is 4.03. The topological polar surface area (TPSA) is 131 Å². The smallest absolute Gasteiger partial charge is 0.326 e. The molecule has 0 spiro atoms. The SMILES string of the molecule is CCCC(C)C(=O)Oc1ccc(C[C@](N)(CC(C)OC(=O)C(C)C)C(=O)OC)cc1OC(=O)C(C)CCC. The monoisotopic (exact) mass is 535 g/mol. The Balaban J connectivity index is 3.33. The predicted octanol–water partition coefficient (Wildman–Crippen LogP) is 4.76. The zero-order valence-electron chi connectivity index (χ0n) is 24.1. The van der Waals surface area contributed by atoms with E-state index in [1.165, 1.54) is 13.2 Å². The van der Waals surface area contributed by atoms with Gasteiger partial charge in [0.2, 0.25) is 0 Å². The summed E-state index contributed by atoms with van der Waals surface area (Å²) < 4.78 is 21.6. The zero-order valence-corrected chi connectivity index (χ0v) is 24.1. The third-order valence-corrected chi connectivity index (χ3v) is 6.23. The van der Waals surface area contributed by atoms with Crippen molar-refractivity contribution in [2.75, 3.05) is 7.11 Å². The van der Waals surface area contributed by atoms with E-state index in [9.17, 15) is 19.2 Å². The van der Waals surface area contributed by atoms with E-state index < -0.39 is 35.5 Å². The largest absolute Gasteiger partial charge is 0.468 e. The number of methoxy groups -OCH3 is 1. The van der Waals surface area contributed by atoms with E-state index in [4.69, 9.17) is 24.7 Å². The Morgan fingerprint density at radius 2 is 1.37 bits per heavy atom. The minimum atomic E-state index is -1.53. The summed E-state index contributed by atoms with van der Waals surface area (Å²) in [5.74, 6) is -2.79. The molecule has 0 heterocycles. The van der Waals surface area contributed by atoms with E-state index >= 15 is 0 Å². The molecule has 9 nitrogen and oxygen atoms in total. The highest BCUT2D eigenvalue weighted by molar-refractivity contribution is 5.81. The fourth-order valence-electron chi connectivity index (χ4n) is 4.03. The molecule has 0 aliphatic carbocycles. The molecule has 1 rings (SSSR count). The van der Waals surface area contributed by atoms with Crippen LogP contribution in [0.2, 0.25) is 0 Å². The number of esters is 4. The van der Waals surface area contributed by atoms with E-state index in [0.29, 0.717) is 18.4 Å². The van der Waals surface area contributed by atoms with Gasteiger partial charge >= 0.3 is 23.9 Å². The quantitative estimate of drug-likeness (QED) is 0.249. The van der Waals surface area contributed by atoms with E-state index in [2.05, 4.69) is 0 Å². The van der Waals surface area contributed by atoms with E-state index in [0.717, 1.165) is 12.8 Å². The van der Waals surface area contributed by atoms with Gasteiger partial charge in [-0.2, -0.15) is 0 Å². The second-order valence-corrected chi connectivity index (χ2v) is 10.4. The summed E-state index contributed by atoms with van der Waals surface area (Å²) >= 11 is 0. The fraction of sp³-hybridized carbons (Fsp3) is 0.655. The molecule has 0 aliphatic heterocycles. The maximum atomic E-state index is 12.7. The molecular weight excluding hydrogens is 490 g/mol. The van der Waals surface area contributed by atoms with Gasteiger partial charge < -0.3 is 24.7 Å². The first kappa shape index (κ1) is 33.1. The zero-order chi connectivity index (χ0) is 29.0. The first-order valence-corrected chi connectivity index (χ1v) is 13.4. The molecule has 0 saturated carbocycles. The number of benzene rings is 1. The van der Waals surface area contributed by atoms with Crippen LogP contribution in [0.15, 0.2) is 18.2 Å². The summed E-state index contributed by atoms with van der Waals surface area (Å²) in [7, 11) is 1.23. The molecule has 0 fully saturated rings. The first-order valence-electron chi connectivity index (χ1n) is 13.4. The van der Waals surface area contributed by atoms with Crippen LogP contribution in [0.1, 0.15) is 86.1 Å². The molecular formula is C29H45NO8. The number of ether oxygens (including phenoxy) is 4. The Hall–Kier alpha value is -2.94. The third-order valence-electron chi connectivity index (χ3n) is 6.23. The van der Waals surface area contributed by atoms with Gasteiger partial charge in [-0.25, -0.2) is 0 Å². The van der Waals surface area contributed by atoms with Crippen LogP contribution in [0.4, 0.5) is 0 Å². The maximum Gasteiger partial charge on any atom is 0.326 e. The highest BCUT2D eigenvalue weighted by Gasteiger charge is 2.38. The van der Waals surface area contributed by atoms with Gasteiger partial charge in [0.05, 0.1) is 24.9 Å². The minimum absolute atomic E-state index is 0.00122. The average Bonchev–Trinajstić information content (AvgIpc) is 2.84. The van der Waals surface area contributed by atoms with E-state index in [-0.39, 0.29) is 42.1 Å². The number of carbonyl (C=O) groups is 4. The van der Waals surface area contributed by atoms with Crippen LogP contribution in [-0.4, -0.2) is 42.6 Å². The van der Waals surface area contributed by atoms with Gasteiger partial charge in [0, 0.05) is 12.8 Å². The Morgan fingerprint density at radius 3 is 1.84 bits per heavy atom. The van der Waals surface area contributed by atoms with Crippen molar-refractivity contribution in [3.8, 4) is 11.5 Å². The van der Waals surface area contributed by atoms with Gasteiger partial charge in [0.25, 0.3) is 0 Å². The Labute approximate surface area is 226 Å². The highest BCUT2D eigenvalue weighted by Crippen LogP contribution is 2.32. The van der Waals surface area contributed by atoms with Gasteiger partial charge in [0.1, 0.15) is 11.6 Å². The predicted molar refractivity (Wildman–Crippen MR) is 144 cm³/mol. The van der Waals surface area contributed by atoms with Gasteiger partial charge in [-0.3, -0.25) is 19.2 Å². The Morgan fingerprint density at radius 1 is 0.842 bits per heavy atom. The standard InChI is InChI=1S/C29H45NO8/c1-9-11-19(5)26(32)37-23-14-13-22(15-24(23)38-27(33)20(6)12-10-2)17-29(30,28(34)35-8)16-21(7)36-25(31)18(3)4/h13-15,18-21H,9-12,16-17,30H2,1-8H3/t19?,20?,21?,29-/m1/s1. The molecule has 9 heteroatoms. The summed E-state index contributed by atoms with van der Waals surface area (Å²) in [5.41, 5.74) is 5.53. The first-order chi connectivity index (χ1) is 17.8. The molecule has 1 aromatic rings. The summed E-state index contributed by atoms with van der Waals surface area (Å²) in [6.45, 7) is 12.6. The van der Waals surface area contributed by atoms with Crippen molar-refractivity contribution in [2.24, 2.45) is 23.5 Å². The number of hydrogen-bond donors (Lipinski definition) is 1. The van der Waals surface area contributed by atoms with Crippen molar-refractivity contribution in [3.05, 3.63) is 23.8 Å². The molecule has 38 heavy (non-hydrogen) atoms. The van der Waals surface area contributed by atoms with Crippen LogP contribution in [-0.2, 0) is 35.1 Å². The Bertz CT molecular complexity index is 960. The number of nitrogens with two attached hydrogens (primary N) is 1. The molecule has 2 N–H and O–H groups in total. The third kappa shape index (κ3) is 10.1. The molecule has 0 aromatic heterocycles. The van der Waals surface area contributed by atoms with Crippen molar-refractivity contribution in [1.82, 2.24) is 0 Å². The molecule has 0 amide bonds. The second-order valence-electron chi connectivity index (χ2n) is 10.4. The van der Waals surface area contributed by atoms with Crippen LogP contribution in [0, 0.1) is 17.8 Å². The summed E-state index contributed by atoms with van der Waals surface area (Å²) in [4.78, 5) is 50.1. The molecule has 4 atom stereocenters. The highest BCUT2D eigenvalue weighted by atomic mass is 16.6. The lowest BCUT2D eigenvalue weighted by Gasteiger charge is -2.30. The van der Waals surface area contributed by atoms with Crippen molar-refractivity contribution in [1.29, 1.82) is 0 Å². The lowest BCUT2D eigenvalue weighted by atomic mass is 9.86. The van der Waals surface area contributed by atoms with E-state index in [1.807, 2.05) is 13.8 Å². The van der Waals surface area contributed by atoms with Crippen LogP contribution >= 0.6 is 0 Å². The Kier molecular flexibility index (Phi) is 13.5. The minimum Gasteiger partial charge on any atom is -0.468 e. The molecule has 0 bridgehead atoms. The van der Waals surface area contributed by atoms with Crippen molar-refractivity contribution < 1.29 is 38.1 Å². The van der Waals surface area contributed by atoms with Crippen LogP contribution < -0.4 is 15.2 Å². The molecule has 0 aliphatic rings. The molecule has 0 saturated heterocycles.